The van der Waals surface area contributed by atoms with Crippen molar-refractivity contribution in [3.05, 3.63) is 30.0 Å². The molecule has 2 aliphatic heterocycles. The van der Waals surface area contributed by atoms with Crippen LogP contribution in [-0.2, 0) is 0 Å². The summed E-state index contributed by atoms with van der Waals surface area (Å²) < 4.78 is 17.9. The summed E-state index contributed by atoms with van der Waals surface area (Å²) in [5.41, 5.74) is 0.616. The molecule has 0 saturated carbocycles. The van der Waals surface area contributed by atoms with Crippen LogP contribution >= 0.6 is 0 Å². The molecule has 110 valence electrons. The Balaban J connectivity index is 1.50. The molecule has 4 rings (SSSR count). The van der Waals surface area contributed by atoms with Crippen LogP contribution in [0.15, 0.2) is 22.7 Å². The van der Waals surface area contributed by atoms with Crippen molar-refractivity contribution in [3.63, 3.8) is 0 Å². The van der Waals surface area contributed by atoms with Gasteiger partial charge in [0, 0.05) is 42.8 Å². The molecule has 2 aromatic rings. The van der Waals surface area contributed by atoms with Gasteiger partial charge in [-0.2, -0.15) is 4.39 Å². The maximum atomic E-state index is 13.0. The zero-order chi connectivity index (χ0) is 14.4. The van der Waals surface area contributed by atoms with Crippen LogP contribution in [0.4, 0.5) is 4.39 Å². The molecule has 2 bridgehead atoms. The van der Waals surface area contributed by atoms with Crippen LogP contribution < -0.4 is 5.32 Å². The highest BCUT2D eigenvalue weighted by Gasteiger charge is 2.33. The molecule has 5 nitrogen and oxygen atoms in total. The van der Waals surface area contributed by atoms with Gasteiger partial charge < -0.3 is 14.6 Å². The molecule has 2 aliphatic rings. The van der Waals surface area contributed by atoms with E-state index in [4.69, 9.17) is 4.42 Å². The van der Waals surface area contributed by atoms with E-state index in [1.807, 2.05) is 0 Å². The molecule has 2 fully saturated rings. The first-order valence-corrected chi connectivity index (χ1v) is 7.26. The van der Waals surface area contributed by atoms with Gasteiger partial charge >= 0.3 is 0 Å². The first kappa shape index (κ1) is 12.8. The summed E-state index contributed by atoms with van der Waals surface area (Å²) in [4.78, 5) is 18.7. The lowest BCUT2D eigenvalue weighted by Crippen LogP contribution is -2.47. The number of piperidine rings is 1. The number of carbonyl (C=O) groups excluding carboxylic acids is 1. The van der Waals surface area contributed by atoms with Crippen molar-refractivity contribution < 1.29 is 13.6 Å². The molecule has 1 N–H and O–H groups in total. The number of carbonyl (C=O) groups is 1. The Hall–Kier alpha value is -1.95. The number of aromatic nitrogens is 1. The number of fused-ring (bicyclic) bond motifs is 3. The molecule has 0 spiro atoms. The molecule has 1 amide bonds. The van der Waals surface area contributed by atoms with Crippen LogP contribution in [0.25, 0.3) is 11.0 Å². The number of hydrogen-bond acceptors (Lipinski definition) is 4. The fourth-order valence-electron chi connectivity index (χ4n) is 3.45. The van der Waals surface area contributed by atoms with E-state index in [2.05, 4.69) is 15.2 Å². The second-order valence-corrected chi connectivity index (χ2v) is 5.98. The minimum absolute atomic E-state index is 0.171. The molecule has 0 aliphatic carbocycles. The predicted octanol–water partition coefficient (Wildman–Crippen LogP) is 1.79. The van der Waals surface area contributed by atoms with Crippen molar-refractivity contribution in [3.8, 4) is 0 Å². The highest BCUT2D eigenvalue weighted by molar-refractivity contribution is 5.95. The SMILES string of the molecule is O=C(N[C@@H]1C[C@H]2CCN(C2)C1)c1cc2oc(F)cc2cn1. The fourth-order valence-corrected chi connectivity index (χ4v) is 3.45. The van der Waals surface area contributed by atoms with E-state index < -0.39 is 6.01 Å². The van der Waals surface area contributed by atoms with Crippen molar-refractivity contribution in [2.45, 2.75) is 18.9 Å². The van der Waals surface area contributed by atoms with Gasteiger partial charge in [0.1, 0.15) is 11.3 Å². The molecular weight excluding hydrogens is 273 g/mol. The van der Waals surface area contributed by atoms with Gasteiger partial charge in [-0.1, -0.05) is 0 Å². The van der Waals surface area contributed by atoms with Crippen LogP contribution in [0, 0.1) is 11.9 Å². The topological polar surface area (TPSA) is 58.4 Å². The van der Waals surface area contributed by atoms with Crippen molar-refractivity contribution in [1.82, 2.24) is 15.2 Å². The highest BCUT2D eigenvalue weighted by atomic mass is 19.1. The quantitative estimate of drug-likeness (QED) is 0.915. The number of nitrogens with one attached hydrogen (secondary N) is 1. The summed E-state index contributed by atoms with van der Waals surface area (Å²) >= 11 is 0. The fraction of sp³-hybridized carbons (Fsp3) is 0.467. The Labute approximate surface area is 121 Å². The predicted molar refractivity (Wildman–Crippen MR) is 74.4 cm³/mol. The van der Waals surface area contributed by atoms with Gasteiger partial charge in [-0.25, -0.2) is 0 Å². The number of hydrogen-bond donors (Lipinski definition) is 1. The number of nitrogens with zero attached hydrogens (tertiary/aromatic N) is 2. The average molecular weight is 289 g/mol. The van der Waals surface area contributed by atoms with Crippen molar-refractivity contribution >= 4 is 16.9 Å². The lowest BCUT2D eigenvalue weighted by molar-refractivity contribution is 0.0904. The first-order chi connectivity index (χ1) is 10.2. The Morgan fingerprint density at radius 3 is 3.19 bits per heavy atom. The normalized spacial score (nSPS) is 28.0. The monoisotopic (exact) mass is 289 g/mol. The van der Waals surface area contributed by atoms with Crippen molar-refractivity contribution in [2.24, 2.45) is 5.92 Å². The summed E-state index contributed by atoms with van der Waals surface area (Å²) in [5.74, 6) is 0.472. The maximum Gasteiger partial charge on any atom is 0.278 e. The van der Waals surface area contributed by atoms with E-state index in [1.54, 1.807) is 0 Å². The number of amides is 1. The van der Waals surface area contributed by atoms with Crippen LogP contribution in [-0.4, -0.2) is 41.5 Å². The summed E-state index contributed by atoms with van der Waals surface area (Å²) in [7, 11) is 0. The number of pyridine rings is 1. The van der Waals surface area contributed by atoms with Gasteiger partial charge in [-0.3, -0.25) is 9.78 Å². The lowest BCUT2D eigenvalue weighted by Gasteiger charge is -2.30. The van der Waals surface area contributed by atoms with Gasteiger partial charge in [0.25, 0.3) is 11.9 Å². The molecular formula is C15H16FN3O2. The Bertz CT molecular complexity index is 687. The number of furan rings is 1. The molecule has 0 radical (unpaired) electrons. The molecule has 21 heavy (non-hydrogen) atoms. The van der Waals surface area contributed by atoms with Gasteiger partial charge in [0.15, 0.2) is 0 Å². The van der Waals surface area contributed by atoms with E-state index in [0.29, 0.717) is 16.9 Å². The van der Waals surface area contributed by atoms with E-state index in [1.165, 1.54) is 24.8 Å². The Kier molecular flexibility index (Phi) is 2.92. The van der Waals surface area contributed by atoms with E-state index in [9.17, 15) is 9.18 Å². The molecule has 0 aromatic carbocycles. The molecule has 4 heterocycles. The average Bonchev–Trinajstić information content (AvgIpc) is 2.99. The Morgan fingerprint density at radius 2 is 2.33 bits per heavy atom. The minimum Gasteiger partial charge on any atom is -0.431 e. The summed E-state index contributed by atoms with van der Waals surface area (Å²) in [6, 6.07) is 2.26. The van der Waals surface area contributed by atoms with Crippen molar-refractivity contribution in [1.29, 1.82) is 0 Å². The zero-order valence-corrected chi connectivity index (χ0v) is 11.5. The third-order valence-corrected chi connectivity index (χ3v) is 4.41. The standard InChI is InChI=1S/C15H16FN3O2/c16-14-4-10-6-17-12(5-13(10)21-14)15(20)18-11-3-9-1-2-19(7-9)8-11/h4-6,9,11H,1-3,7-8H2,(H,18,20)/t9-,11-/m1/s1. The lowest BCUT2D eigenvalue weighted by atomic mass is 9.97. The van der Waals surface area contributed by atoms with Crippen molar-refractivity contribution in [2.75, 3.05) is 19.6 Å². The summed E-state index contributed by atoms with van der Waals surface area (Å²) in [5, 5.41) is 3.59. The van der Waals surface area contributed by atoms with E-state index >= 15 is 0 Å². The third kappa shape index (κ3) is 2.40. The third-order valence-electron chi connectivity index (χ3n) is 4.41. The van der Waals surface area contributed by atoms with Crippen LogP contribution in [0.2, 0.25) is 0 Å². The molecule has 1 unspecified atom stereocenters. The molecule has 6 heteroatoms. The summed E-state index contributed by atoms with van der Waals surface area (Å²) in [6.45, 7) is 3.19. The largest absolute Gasteiger partial charge is 0.431 e. The van der Waals surface area contributed by atoms with E-state index in [0.717, 1.165) is 26.1 Å². The molecule has 2 saturated heterocycles. The van der Waals surface area contributed by atoms with Crippen LogP contribution in [0.3, 0.4) is 0 Å². The first-order valence-electron chi connectivity index (χ1n) is 7.26. The second-order valence-electron chi connectivity index (χ2n) is 5.98. The molecule has 2 aromatic heterocycles. The van der Waals surface area contributed by atoms with Gasteiger partial charge in [0.05, 0.1) is 0 Å². The van der Waals surface area contributed by atoms with Gasteiger partial charge in [-0.05, 0) is 25.3 Å². The highest BCUT2D eigenvalue weighted by Crippen LogP contribution is 2.27. The van der Waals surface area contributed by atoms with E-state index in [-0.39, 0.29) is 17.6 Å². The maximum absolute atomic E-state index is 13.0. The van der Waals surface area contributed by atoms with Gasteiger partial charge in [-0.15, -0.1) is 0 Å². The summed E-state index contributed by atoms with van der Waals surface area (Å²) in [6.07, 6.45) is 3.72. The Morgan fingerprint density at radius 1 is 1.43 bits per heavy atom. The smallest absolute Gasteiger partial charge is 0.278 e. The van der Waals surface area contributed by atoms with Crippen LogP contribution in [0.5, 0.6) is 0 Å². The zero-order valence-electron chi connectivity index (χ0n) is 11.5. The minimum atomic E-state index is -0.666. The second kappa shape index (κ2) is 4.80. The number of halogens is 1. The van der Waals surface area contributed by atoms with Gasteiger partial charge in [0.2, 0.25) is 0 Å². The number of rotatable bonds is 2. The molecule has 3 atom stereocenters. The van der Waals surface area contributed by atoms with Crippen LogP contribution in [0.1, 0.15) is 23.3 Å².